The van der Waals surface area contributed by atoms with Crippen molar-refractivity contribution in [2.75, 3.05) is 6.54 Å². The third-order valence-corrected chi connectivity index (χ3v) is 5.83. The number of hydrogen-bond acceptors (Lipinski definition) is 3. The zero-order chi connectivity index (χ0) is 23.6. The Morgan fingerprint density at radius 1 is 0.909 bits per heavy atom. The maximum Gasteiger partial charge on any atom is 0.308 e. The summed E-state index contributed by atoms with van der Waals surface area (Å²) in [7, 11) is 0. The molecule has 172 valence electrons. The van der Waals surface area contributed by atoms with Crippen LogP contribution in [-0.2, 0) is 11.2 Å². The van der Waals surface area contributed by atoms with E-state index in [1.165, 1.54) is 18.6 Å². The van der Waals surface area contributed by atoms with Gasteiger partial charge < -0.3 is 10.1 Å². The largest absolute Gasteiger partial charge is 0.425 e. The van der Waals surface area contributed by atoms with Gasteiger partial charge in [0.05, 0.1) is 4.47 Å². The van der Waals surface area contributed by atoms with E-state index in [2.05, 4.69) is 45.5 Å². The minimum atomic E-state index is -0.530. The van der Waals surface area contributed by atoms with Gasteiger partial charge in [0.15, 0.2) is 5.75 Å². The van der Waals surface area contributed by atoms with Crippen LogP contribution in [0.15, 0.2) is 71.2 Å². The van der Waals surface area contributed by atoms with Crippen molar-refractivity contribution in [3.63, 3.8) is 0 Å². The van der Waals surface area contributed by atoms with Gasteiger partial charge in [-0.3, -0.25) is 9.59 Å². The predicted molar refractivity (Wildman–Crippen MR) is 132 cm³/mol. The number of benzene rings is 3. The van der Waals surface area contributed by atoms with Gasteiger partial charge in [0.1, 0.15) is 5.82 Å². The van der Waals surface area contributed by atoms with E-state index in [-0.39, 0.29) is 17.2 Å². The van der Waals surface area contributed by atoms with E-state index in [9.17, 15) is 14.0 Å². The summed E-state index contributed by atoms with van der Waals surface area (Å²) < 4.78 is 20.2. The molecule has 3 aromatic carbocycles. The number of halogens is 2. The summed E-state index contributed by atoms with van der Waals surface area (Å²) in [5.41, 5.74) is 2.30. The molecule has 0 radical (unpaired) electrons. The van der Waals surface area contributed by atoms with Crippen LogP contribution in [-0.4, -0.2) is 18.4 Å². The number of esters is 1. The summed E-state index contributed by atoms with van der Waals surface area (Å²) in [5, 5.41) is 2.93. The zero-order valence-corrected chi connectivity index (χ0v) is 20.2. The van der Waals surface area contributed by atoms with Gasteiger partial charge in [-0.15, -0.1) is 0 Å². The molecule has 0 atom stereocenters. The first kappa shape index (κ1) is 24.6. The lowest BCUT2D eigenvalue weighted by Crippen LogP contribution is -2.24. The summed E-state index contributed by atoms with van der Waals surface area (Å²) in [6.07, 6.45) is 5.20. The maximum absolute atomic E-state index is 14.5. The molecule has 0 saturated carbocycles. The minimum Gasteiger partial charge on any atom is -0.425 e. The highest BCUT2D eigenvalue weighted by Crippen LogP contribution is 2.39. The Morgan fingerprint density at radius 3 is 2.33 bits per heavy atom. The molecule has 6 heteroatoms. The molecular weight excluding hydrogens is 485 g/mol. The van der Waals surface area contributed by atoms with Crippen molar-refractivity contribution >= 4 is 27.8 Å². The molecule has 0 fully saturated rings. The number of unbranched alkanes of at least 4 members (excludes halogenated alkanes) is 3. The number of amides is 1. The summed E-state index contributed by atoms with van der Waals surface area (Å²) in [5.74, 6) is -1.07. The Morgan fingerprint density at radius 2 is 1.61 bits per heavy atom. The summed E-state index contributed by atoms with van der Waals surface area (Å²) in [6, 6.07) is 19.7. The van der Waals surface area contributed by atoms with Gasteiger partial charge in [0, 0.05) is 30.2 Å². The van der Waals surface area contributed by atoms with Crippen LogP contribution in [0.5, 0.6) is 5.75 Å². The molecule has 1 amide bonds. The molecule has 3 aromatic rings. The minimum absolute atomic E-state index is 0.183. The van der Waals surface area contributed by atoms with Crippen molar-refractivity contribution in [3.8, 4) is 16.9 Å². The summed E-state index contributed by atoms with van der Waals surface area (Å²) in [6.45, 7) is 1.83. The van der Waals surface area contributed by atoms with E-state index in [0.29, 0.717) is 22.1 Å². The van der Waals surface area contributed by atoms with Crippen LogP contribution in [0.2, 0.25) is 0 Å². The van der Waals surface area contributed by atoms with Crippen LogP contribution in [0.4, 0.5) is 4.39 Å². The molecular formula is C27H27BrFNO3. The fourth-order valence-electron chi connectivity index (χ4n) is 3.61. The zero-order valence-electron chi connectivity index (χ0n) is 18.6. The molecule has 0 bridgehead atoms. The Bertz CT molecular complexity index is 1100. The van der Waals surface area contributed by atoms with Gasteiger partial charge in [-0.05, 0) is 59.0 Å². The summed E-state index contributed by atoms with van der Waals surface area (Å²) >= 11 is 3.37. The van der Waals surface area contributed by atoms with E-state index in [1.54, 1.807) is 30.3 Å². The number of carbonyl (C=O) groups excluding carboxylic acids is 2. The Labute approximate surface area is 202 Å². The van der Waals surface area contributed by atoms with Crippen LogP contribution in [0.1, 0.15) is 48.5 Å². The second-order valence-corrected chi connectivity index (χ2v) is 8.67. The highest BCUT2D eigenvalue weighted by Gasteiger charge is 2.19. The van der Waals surface area contributed by atoms with Crippen molar-refractivity contribution in [2.24, 2.45) is 0 Å². The maximum atomic E-state index is 14.5. The molecule has 0 heterocycles. The first-order chi connectivity index (χ1) is 16.0. The van der Waals surface area contributed by atoms with Crippen LogP contribution in [0.3, 0.4) is 0 Å². The second-order valence-electron chi connectivity index (χ2n) is 7.81. The number of ether oxygens (including phenoxy) is 1. The molecule has 1 N–H and O–H groups in total. The van der Waals surface area contributed by atoms with Crippen molar-refractivity contribution < 1.29 is 18.7 Å². The normalized spacial score (nSPS) is 10.6. The second kappa shape index (κ2) is 12.3. The van der Waals surface area contributed by atoms with Gasteiger partial charge >= 0.3 is 5.97 Å². The summed E-state index contributed by atoms with van der Waals surface area (Å²) in [4.78, 5) is 24.3. The van der Waals surface area contributed by atoms with Crippen molar-refractivity contribution in [3.05, 3.63) is 88.1 Å². The smallest absolute Gasteiger partial charge is 0.308 e. The molecule has 0 aliphatic rings. The van der Waals surface area contributed by atoms with E-state index in [1.807, 2.05) is 6.07 Å². The first-order valence-corrected chi connectivity index (χ1v) is 11.8. The van der Waals surface area contributed by atoms with Crippen LogP contribution >= 0.6 is 15.9 Å². The van der Waals surface area contributed by atoms with Gasteiger partial charge in [0.25, 0.3) is 5.91 Å². The van der Waals surface area contributed by atoms with Gasteiger partial charge in [0.2, 0.25) is 0 Å². The number of nitrogens with one attached hydrogen (secondary N) is 1. The third kappa shape index (κ3) is 7.26. The lowest BCUT2D eigenvalue weighted by molar-refractivity contribution is -0.131. The molecule has 0 saturated heterocycles. The molecule has 0 spiro atoms. The average Bonchev–Trinajstić information content (AvgIpc) is 2.80. The monoisotopic (exact) mass is 511 g/mol. The number of carbonyl (C=O) groups is 2. The SMILES string of the molecule is CC(=O)Oc1c(Br)cc(C(=O)NCCCCCCc2ccccc2)cc1-c1ccccc1F. The van der Waals surface area contributed by atoms with Crippen molar-refractivity contribution in [1.82, 2.24) is 5.32 Å². The standard InChI is InChI=1S/C27H27BrFNO3/c1-19(31)33-26-23(22-14-8-9-15-25(22)29)17-21(18-24(26)28)27(32)30-16-10-3-2-5-11-20-12-6-4-7-13-20/h4,6-9,12-15,17-18H,2-3,5,10-11,16H2,1H3,(H,30,32). The number of hydrogen-bond donors (Lipinski definition) is 1. The Balaban J connectivity index is 1.59. The molecule has 0 aliphatic heterocycles. The van der Waals surface area contributed by atoms with Crippen molar-refractivity contribution in [1.29, 1.82) is 0 Å². The topological polar surface area (TPSA) is 55.4 Å². The van der Waals surface area contributed by atoms with E-state index >= 15 is 0 Å². The van der Waals surface area contributed by atoms with E-state index in [4.69, 9.17) is 4.74 Å². The van der Waals surface area contributed by atoms with Crippen LogP contribution in [0, 0.1) is 5.82 Å². The molecule has 4 nitrogen and oxygen atoms in total. The molecule has 0 unspecified atom stereocenters. The lowest BCUT2D eigenvalue weighted by atomic mass is 10.0. The lowest BCUT2D eigenvalue weighted by Gasteiger charge is -2.14. The van der Waals surface area contributed by atoms with Crippen LogP contribution < -0.4 is 10.1 Å². The Hall–Kier alpha value is -2.99. The number of rotatable bonds is 10. The molecule has 0 aromatic heterocycles. The quantitative estimate of drug-likeness (QED) is 0.187. The van der Waals surface area contributed by atoms with Gasteiger partial charge in [-0.25, -0.2) is 4.39 Å². The fourth-order valence-corrected chi connectivity index (χ4v) is 4.15. The van der Waals surface area contributed by atoms with Gasteiger partial charge in [-0.2, -0.15) is 0 Å². The molecule has 33 heavy (non-hydrogen) atoms. The fraction of sp³-hybridized carbons (Fsp3) is 0.259. The highest BCUT2D eigenvalue weighted by molar-refractivity contribution is 9.10. The van der Waals surface area contributed by atoms with E-state index < -0.39 is 11.8 Å². The first-order valence-electron chi connectivity index (χ1n) is 11.0. The third-order valence-electron chi connectivity index (χ3n) is 5.24. The molecule has 3 rings (SSSR count). The highest BCUT2D eigenvalue weighted by atomic mass is 79.9. The Kier molecular flexibility index (Phi) is 9.19. The van der Waals surface area contributed by atoms with Crippen LogP contribution in [0.25, 0.3) is 11.1 Å². The predicted octanol–water partition coefficient (Wildman–Crippen LogP) is 6.71. The number of aryl methyl sites for hydroxylation is 1. The average molecular weight is 512 g/mol. The van der Waals surface area contributed by atoms with Gasteiger partial charge in [-0.1, -0.05) is 61.4 Å². The molecule has 0 aliphatic carbocycles. The van der Waals surface area contributed by atoms with E-state index in [0.717, 1.165) is 32.1 Å². The van der Waals surface area contributed by atoms with Crippen molar-refractivity contribution in [2.45, 2.75) is 39.0 Å².